The van der Waals surface area contributed by atoms with Crippen molar-refractivity contribution in [3.8, 4) is 17.4 Å². The number of amides is 4. The number of hydrogen-bond acceptors (Lipinski definition) is 12. The summed E-state index contributed by atoms with van der Waals surface area (Å²) >= 11 is 0. The van der Waals surface area contributed by atoms with E-state index in [0.717, 1.165) is 36.9 Å². The van der Waals surface area contributed by atoms with Crippen molar-refractivity contribution in [2.75, 3.05) is 20.3 Å². The summed E-state index contributed by atoms with van der Waals surface area (Å²) in [5.74, 6) is -1.41. The Balaban J connectivity index is 1.16. The highest BCUT2D eigenvalue weighted by Crippen LogP contribution is 2.46. The first-order valence-electron chi connectivity index (χ1n) is 21.6. The third kappa shape index (κ3) is 9.20. The highest BCUT2D eigenvalue weighted by molar-refractivity contribution is 7.91. The number of methoxy groups -OCH3 is 1. The molecule has 3 saturated carbocycles. The monoisotopic (exact) mass is 875 g/mol. The average Bonchev–Trinajstić information content (AvgIpc) is 4.03. The number of ether oxygens (including phenoxy) is 4. The van der Waals surface area contributed by atoms with Gasteiger partial charge in [0.15, 0.2) is 0 Å². The lowest BCUT2D eigenvalue weighted by Gasteiger charge is -2.32. The van der Waals surface area contributed by atoms with Crippen molar-refractivity contribution < 1.29 is 46.5 Å². The Bertz CT molecular complexity index is 2360. The number of nitrogens with zero attached hydrogens (tertiary/aromatic N) is 3. The van der Waals surface area contributed by atoms with Crippen LogP contribution in [0.2, 0.25) is 0 Å². The second-order valence-electron chi connectivity index (χ2n) is 18.4. The van der Waals surface area contributed by atoms with Crippen molar-refractivity contribution >= 4 is 44.7 Å². The van der Waals surface area contributed by atoms with E-state index in [1.165, 1.54) is 11.0 Å². The number of H-pyrrole nitrogens is 1. The molecule has 2 aromatic heterocycles. The molecule has 334 valence electrons. The summed E-state index contributed by atoms with van der Waals surface area (Å²) in [4.78, 5) is 63.1. The van der Waals surface area contributed by atoms with Gasteiger partial charge in [-0.05, 0) is 87.3 Å². The highest BCUT2D eigenvalue weighted by Gasteiger charge is 2.62. The molecule has 3 aliphatic carbocycles. The summed E-state index contributed by atoms with van der Waals surface area (Å²) in [5.41, 5.74) is 1.04. The van der Waals surface area contributed by atoms with Crippen molar-refractivity contribution in [3.63, 3.8) is 0 Å². The van der Waals surface area contributed by atoms with Crippen LogP contribution < -0.4 is 29.6 Å². The lowest BCUT2D eigenvalue weighted by Crippen LogP contribution is -2.59. The van der Waals surface area contributed by atoms with E-state index in [0.29, 0.717) is 60.2 Å². The molecule has 4 bridgehead atoms. The number of carbonyl (C=O) groups excluding carboxylic acids is 4. The fourth-order valence-electron chi connectivity index (χ4n) is 9.18. The van der Waals surface area contributed by atoms with Crippen LogP contribution in [0, 0.1) is 24.2 Å². The van der Waals surface area contributed by atoms with Crippen LogP contribution in [0.15, 0.2) is 36.9 Å². The van der Waals surface area contributed by atoms with Crippen LogP contribution in [-0.4, -0.2) is 102 Å². The molecule has 17 nitrogen and oxygen atoms in total. The summed E-state index contributed by atoms with van der Waals surface area (Å²) in [7, 11) is -2.33. The normalized spacial score (nSPS) is 26.7. The maximum Gasteiger partial charge on any atom is 0.407 e. The molecule has 2 aliphatic heterocycles. The Morgan fingerprint density at radius 2 is 1.87 bits per heavy atom. The molecule has 62 heavy (non-hydrogen) atoms. The lowest BCUT2D eigenvalue weighted by molar-refractivity contribution is -0.142. The minimum Gasteiger partial charge on any atom is -0.496 e. The Kier molecular flexibility index (Phi) is 11.9. The number of rotatable bonds is 11. The Morgan fingerprint density at radius 1 is 1.10 bits per heavy atom. The summed E-state index contributed by atoms with van der Waals surface area (Å²) < 4.78 is 52.5. The van der Waals surface area contributed by atoms with Crippen LogP contribution in [-0.2, 0) is 42.2 Å². The van der Waals surface area contributed by atoms with Gasteiger partial charge in [0.05, 0.1) is 36.7 Å². The molecular weight excluding hydrogens is 819 g/mol. The predicted octanol–water partition coefficient (Wildman–Crippen LogP) is 4.52. The fourth-order valence-corrected chi connectivity index (χ4v) is 10.5. The van der Waals surface area contributed by atoms with E-state index in [1.54, 1.807) is 13.2 Å². The Morgan fingerprint density at radius 3 is 2.55 bits per heavy atom. The first-order chi connectivity index (χ1) is 29.6. The number of sulfonamides is 1. The van der Waals surface area contributed by atoms with Crippen LogP contribution in [0.5, 0.6) is 17.4 Å². The van der Waals surface area contributed by atoms with E-state index in [2.05, 4.69) is 32.1 Å². The van der Waals surface area contributed by atoms with E-state index in [4.69, 9.17) is 23.9 Å². The molecule has 8 rings (SSSR count). The summed E-state index contributed by atoms with van der Waals surface area (Å²) in [5, 5.41) is 13.0. The predicted molar refractivity (Wildman–Crippen MR) is 227 cm³/mol. The van der Waals surface area contributed by atoms with Gasteiger partial charge in [-0.2, -0.15) is 5.10 Å². The molecule has 18 heteroatoms. The topological polar surface area (TPSA) is 220 Å². The first kappa shape index (κ1) is 43.3. The van der Waals surface area contributed by atoms with Gasteiger partial charge in [-0.15, -0.1) is 6.58 Å². The second-order valence-corrected chi connectivity index (χ2v) is 20.4. The molecule has 0 unspecified atom stereocenters. The number of hydrogen-bond donors (Lipinski definition) is 4. The molecule has 0 radical (unpaired) electrons. The minimum absolute atomic E-state index is 0.0139. The number of nitrogens with one attached hydrogen (secondary N) is 4. The van der Waals surface area contributed by atoms with Crippen molar-refractivity contribution in [1.29, 1.82) is 0 Å². The molecule has 4 N–H and O–H groups in total. The molecule has 5 atom stereocenters. The largest absolute Gasteiger partial charge is 0.496 e. The van der Waals surface area contributed by atoms with E-state index < -0.39 is 74.1 Å². The third-order valence-corrected chi connectivity index (χ3v) is 14.8. The van der Waals surface area contributed by atoms with Gasteiger partial charge >= 0.3 is 6.09 Å². The standard InChI is InChI=1S/C44H57N7O10S/c1-6-28-21-44(28,41(54)50-62(56,57)31-13-14-31)47-39(52)34-18-30-22-51(34)40(53)38(26-10-7-8-11-26)46-42(55)60-24-43(3,4)15-9-12-27-17-32-33(19-35(27)58-5)45-37(20-36(32)61-30)59-23-29-16-25(2)48-49-29/h6,16-17,19-20,26,28,30-31,34,38H,1,7-15,18,21-24H2,2-5H3,(H,46,55)(H,47,52)(H,48,49)(H,50,54)/t28-,30-,34+,38+,44-/m1/s1. The van der Waals surface area contributed by atoms with Gasteiger partial charge in [0.1, 0.15) is 41.8 Å². The smallest absolute Gasteiger partial charge is 0.407 e. The number of pyridine rings is 1. The van der Waals surface area contributed by atoms with E-state index in [1.807, 2.05) is 39.0 Å². The van der Waals surface area contributed by atoms with Crippen molar-refractivity contribution in [2.24, 2.45) is 17.3 Å². The van der Waals surface area contributed by atoms with Crippen LogP contribution in [0.3, 0.4) is 0 Å². The third-order valence-electron chi connectivity index (χ3n) is 13.0. The zero-order valence-corrected chi connectivity index (χ0v) is 36.6. The average molecular weight is 876 g/mol. The maximum atomic E-state index is 14.9. The second kappa shape index (κ2) is 17.1. The molecule has 1 saturated heterocycles. The first-order valence-corrected chi connectivity index (χ1v) is 23.2. The van der Waals surface area contributed by atoms with Crippen molar-refractivity contribution in [2.45, 2.75) is 127 Å². The quantitative estimate of drug-likeness (QED) is 0.196. The number of aryl methyl sites for hydroxylation is 2. The van der Waals surface area contributed by atoms with Crippen molar-refractivity contribution in [1.82, 2.24) is 35.4 Å². The Hall–Kier alpha value is -5.39. The number of carbonyl (C=O) groups is 4. The molecular formula is C44H57N7O10S. The van der Waals surface area contributed by atoms with Gasteiger partial charge in [0.25, 0.3) is 5.91 Å². The number of fused-ring (bicyclic) bond motifs is 3. The van der Waals surface area contributed by atoms with E-state index in [9.17, 15) is 27.6 Å². The van der Waals surface area contributed by atoms with Crippen LogP contribution >= 0.6 is 0 Å². The number of cyclic esters (lactones) is 1. The number of benzene rings is 1. The van der Waals surface area contributed by atoms with Crippen LogP contribution in [0.1, 0.15) is 95.0 Å². The molecule has 4 amide bonds. The Labute approximate surface area is 361 Å². The van der Waals surface area contributed by atoms with Gasteiger partial charge in [-0.25, -0.2) is 18.2 Å². The van der Waals surface area contributed by atoms with E-state index >= 15 is 0 Å². The van der Waals surface area contributed by atoms with Gasteiger partial charge in [-0.1, -0.05) is 32.8 Å². The molecule has 4 heterocycles. The SMILES string of the molecule is C=C[C@@H]1C[C@]1(NC(=O)[C@@H]1C[C@@H]2CN1C(=O)[C@H](C1CCCC1)NC(=O)OCC(C)(C)CCCc1cc3c(cc(OCc4cc(C)[nH]n4)nc3cc1OC)O2)C(=O)NS(=O)(=O)C1CC1. The summed E-state index contributed by atoms with van der Waals surface area (Å²) in [6.07, 6.45) is 6.37. The maximum absolute atomic E-state index is 14.9. The van der Waals surface area contributed by atoms with Gasteiger partial charge in [0, 0.05) is 35.6 Å². The zero-order chi connectivity index (χ0) is 44.0. The number of alkyl carbamates (subject to hydrolysis) is 1. The minimum atomic E-state index is -3.93. The van der Waals surface area contributed by atoms with Crippen LogP contribution in [0.4, 0.5) is 4.79 Å². The molecule has 4 fully saturated rings. The molecule has 0 spiro atoms. The van der Waals surface area contributed by atoms with Gasteiger partial charge in [0.2, 0.25) is 27.7 Å². The highest BCUT2D eigenvalue weighted by atomic mass is 32.2. The fraction of sp³-hybridized carbons (Fsp3) is 0.591. The molecule has 5 aliphatic rings. The zero-order valence-electron chi connectivity index (χ0n) is 35.8. The van der Waals surface area contributed by atoms with Gasteiger partial charge in [-0.3, -0.25) is 24.2 Å². The van der Waals surface area contributed by atoms with Crippen molar-refractivity contribution in [3.05, 3.63) is 53.9 Å². The van der Waals surface area contributed by atoms with Crippen LogP contribution in [0.25, 0.3) is 10.9 Å². The van der Waals surface area contributed by atoms with Gasteiger partial charge < -0.3 is 34.5 Å². The molecule has 1 aromatic carbocycles. The number of aromatic amines is 1. The van der Waals surface area contributed by atoms with E-state index in [-0.39, 0.29) is 44.4 Å². The molecule has 3 aromatic rings. The lowest BCUT2D eigenvalue weighted by atomic mass is 9.87. The summed E-state index contributed by atoms with van der Waals surface area (Å²) in [6, 6.07) is 5.23. The number of aromatic nitrogens is 3. The summed E-state index contributed by atoms with van der Waals surface area (Å²) in [6.45, 7) is 9.96.